The standard InChI is InChI=1S/C11H20N2O4/c1-2-17-11(15)9(12)10(14)13-5-3-8-4-6-16-7-8/h8-9H,2-7,12H2,1H3,(H,13,14). The minimum atomic E-state index is -1.23. The van der Waals surface area contributed by atoms with Crippen LogP contribution in [0, 0.1) is 5.92 Å². The van der Waals surface area contributed by atoms with Crippen molar-refractivity contribution in [1.82, 2.24) is 5.32 Å². The Bertz CT molecular complexity index is 264. The molecule has 1 saturated heterocycles. The van der Waals surface area contributed by atoms with Crippen molar-refractivity contribution in [3.05, 3.63) is 0 Å². The highest BCUT2D eigenvalue weighted by atomic mass is 16.5. The third-order valence-corrected chi connectivity index (χ3v) is 2.70. The molecule has 17 heavy (non-hydrogen) atoms. The average molecular weight is 244 g/mol. The molecule has 1 aliphatic rings. The fraction of sp³-hybridized carbons (Fsp3) is 0.818. The Labute approximate surface area is 101 Å². The summed E-state index contributed by atoms with van der Waals surface area (Å²) in [7, 11) is 0. The summed E-state index contributed by atoms with van der Waals surface area (Å²) in [4.78, 5) is 22.6. The number of hydrogen-bond acceptors (Lipinski definition) is 5. The smallest absolute Gasteiger partial charge is 0.332 e. The van der Waals surface area contributed by atoms with Crippen LogP contribution in [0.5, 0.6) is 0 Å². The Kier molecular flexibility index (Phi) is 5.93. The molecule has 0 bridgehead atoms. The normalized spacial score (nSPS) is 20.9. The molecule has 0 aromatic heterocycles. The SMILES string of the molecule is CCOC(=O)C(N)C(=O)NCCC1CCOC1. The quantitative estimate of drug-likeness (QED) is 0.482. The second-order valence-electron chi connectivity index (χ2n) is 4.04. The molecule has 0 aromatic rings. The van der Waals surface area contributed by atoms with Gasteiger partial charge in [-0.3, -0.25) is 4.79 Å². The molecule has 0 radical (unpaired) electrons. The molecule has 1 amide bonds. The van der Waals surface area contributed by atoms with Gasteiger partial charge in [-0.25, -0.2) is 4.79 Å². The van der Waals surface area contributed by atoms with E-state index < -0.39 is 17.9 Å². The van der Waals surface area contributed by atoms with Gasteiger partial charge in [-0.05, 0) is 25.7 Å². The molecule has 6 nitrogen and oxygen atoms in total. The van der Waals surface area contributed by atoms with Crippen LogP contribution in [-0.4, -0.2) is 44.3 Å². The van der Waals surface area contributed by atoms with Gasteiger partial charge in [0.25, 0.3) is 0 Å². The molecular weight excluding hydrogens is 224 g/mol. The maximum atomic E-state index is 11.5. The molecule has 0 saturated carbocycles. The highest BCUT2D eigenvalue weighted by molar-refractivity contribution is 6.01. The van der Waals surface area contributed by atoms with E-state index in [1.807, 2.05) is 0 Å². The molecule has 1 fully saturated rings. The monoisotopic (exact) mass is 244 g/mol. The van der Waals surface area contributed by atoms with Gasteiger partial charge in [0.05, 0.1) is 6.61 Å². The summed E-state index contributed by atoms with van der Waals surface area (Å²) in [6.45, 7) is 3.95. The molecule has 2 atom stereocenters. The fourth-order valence-corrected chi connectivity index (χ4v) is 1.66. The van der Waals surface area contributed by atoms with Crippen LogP contribution in [0.4, 0.5) is 0 Å². The van der Waals surface area contributed by atoms with E-state index in [-0.39, 0.29) is 6.61 Å². The van der Waals surface area contributed by atoms with E-state index in [4.69, 9.17) is 10.5 Å². The van der Waals surface area contributed by atoms with Crippen LogP contribution in [0.15, 0.2) is 0 Å². The molecule has 6 heteroatoms. The minimum absolute atomic E-state index is 0.221. The summed E-state index contributed by atoms with van der Waals surface area (Å²) < 4.78 is 9.88. The molecule has 98 valence electrons. The van der Waals surface area contributed by atoms with Gasteiger partial charge in [0.15, 0.2) is 6.04 Å². The van der Waals surface area contributed by atoms with E-state index in [2.05, 4.69) is 10.1 Å². The van der Waals surface area contributed by atoms with Crippen molar-refractivity contribution in [2.75, 3.05) is 26.4 Å². The van der Waals surface area contributed by atoms with E-state index in [1.165, 1.54) is 0 Å². The van der Waals surface area contributed by atoms with Crippen LogP contribution >= 0.6 is 0 Å². The topological polar surface area (TPSA) is 90.7 Å². The second kappa shape index (κ2) is 7.24. The Morgan fingerprint density at radius 1 is 1.59 bits per heavy atom. The maximum absolute atomic E-state index is 11.5. The Morgan fingerprint density at radius 3 is 2.94 bits per heavy atom. The van der Waals surface area contributed by atoms with Crippen molar-refractivity contribution in [3.8, 4) is 0 Å². The summed E-state index contributed by atoms with van der Waals surface area (Å²) >= 11 is 0. The number of carbonyl (C=O) groups is 2. The number of esters is 1. The summed E-state index contributed by atoms with van der Waals surface area (Å²) in [6.07, 6.45) is 1.88. The van der Waals surface area contributed by atoms with Crippen LogP contribution in [0.1, 0.15) is 19.8 Å². The predicted molar refractivity (Wildman–Crippen MR) is 61.2 cm³/mol. The molecule has 0 aliphatic carbocycles. The van der Waals surface area contributed by atoms with Gasteiger partial charge in [-0.2, -0.15) is 0 Å². The molecule has 0 spiro atoms. The zero-order chi connectivity index (χ0) is 12.7. The number of nitrogens with one attached hydrogen (secondary N) is 1. The number of hydrogen-bond donors (Lipinski definition) is 2. The third-order valence-electron chi connectivity index (χ3n) is 2.70. The molecule has 3 N–H and O–H groups in total. The van der Waals surface area contributed by atoms with E-state index in [9.17, 15) is 9.59 Å². The van der Waals surface area contributed by atoms with Gasteiger partial charge < -0.3 is 20.5 Å². The number of nitrogens with two attached hydrogens (primary N) is 1. The number of ether oxygens (including phenoxy) is 2. The average Bonchev–Trinajstić information content (AvgIpc) is 2.81. The first-order chi connectivity index (χ1) is 8.15. The van der Waals surface area contributed by atoms with Gasteiger partial charge in [0.2, 0.25) is 5.91 Å². The van der Waals surface area contributed by atoms with Gasteiger partial charge in [0.1, 0.15) is 0 Å². The molecule has 2 unspecified atom stereocenters. The molecule has 1 aliphatic heterocycles. The summed E-state index contributed by atoms with van der Waals surface area (Å²) in [5, 5.41) is 2.63. The zero-order valence-corrected chi connectivity index (χ0v) is 10.1. The van der Waals surface area contributed by atoms with Crippen LogP contribution in [-0.2, 0) is 19.1 Å². The van der Waals surface area contributed by atoms with E-state index in [0.717, 1.165) is 26.1 Å². The molecule has 1 heterocycles. The van der Waals surface area contributed by atoms with Gasteiger partial charge >= 0.3 is 5.97 Å². The van der Waals surface area contributed by atoms with E-state index >= 15 is 0 Å². The van der Waals surface area contributed by atoms with Crippen molar-refractivity contribution in [2.24, 2.45) is 11.7 Å². The largest absolute Gasteiger partial charge is 0.464 e. The predicted octanol–water partition coefficient (Wildman–Crippen LogP) is -0.580. The number of rotatable bonds is 6. The van der Waals surface area contributed by atoms with E-state index in [0.29, 0.717) is 12.5 Å². The van der Waals surface area contributed by atoms with Crippen LogP contribution in [0.3, 0.4) is 0 Å². The van der Waals surface area contributed by atoms with Crippen molar-refractivity contribution in [3.63, 3.8) is 0 Å². The third kappa shape index (κ3) is 4.70. The summed E-state index contributed by atoms with van der Waals surface area (Å²) in [5.41, 5.74) is 5.43. The minimum Gasteiger partial charge on any atom is -0.464 e. The first-order valence-electron chi connectivity index (χ1n) is 5.92. The highest BCUT2D eigenvalue weighted by Crippen LogP contribution is 2.15. The van der Waals surface area contributed by atoms with Gasteiger partial charge in [-0.15, -0.1) is 0 Å². The van der Waals surface area contributed by atoms with Gasteiger partial charge in [-0.1, -0.05) is 0 Å². The zero-order valence-electron chi connectivity index (χ0n) is 10.1. The molecule has 0 aromatic carbocycles. The first-order valence-corrected chi connectivity index (χ1v) is 5.92. The van der Waals surface area contributed by atoms with E-state index in [1.54, 1.807) is 6.92 Å². The number of carbonyl (C=O) groups excluding carboxylic acids is 2. The van der Waals surface area contributed by atoms with Crippen molar-refractivity contribution >= 4 is 11.9 Å². The van der Waals surface area contributed by atoms with Crippen LogP contribution in [0.25, 0.3) is 0 Å². The highest BCUT2D eigenvalue weighted by Gasteiger charge is 2.23. The first kappa shape index (κ1) is 13.9. The lowest BCUT2D eigenvalue weighted by atomic mass is 10.1. The molecular formula is C11H20N2O4. The maximum Gasteiger partial charge on any atom is 0.332 e. The second-order valence-corrected chi connectivity index (χ2v) is 4.04. The van der Waals surface area contributed by atoms with Crippen molar-refractivity contribution < 1.29 is 19.1 Å². The lowest BCUT2D eigenvalue weighted by Gasteiger charge is -2.12. The Hall–Kier alpha value is -1.14. The van der Waals surface area contributed by atoms with Crippen LogP contribution in [0.2, 0.25) is 0 Å². The fourth-order valence-electron chi connectivity index (χ4n) is 1.66. The number of amides is 1. The van der Waals surface area contributed by atoms with Gasteiger partial charge in [0, 0.05) is 19.8 Å². The Balaban J connectivity index is 2.16. The lowest BCUT2D eigenvalue weighted by molar-refractivity contribution is -0.147. The van der Waals surface area contributed by atoms with Crippen LogP contribution < -0.4 is 11.1 Å². The molecule has 1 rings (SSSR count). The summed E-state index contributed by atoms with van der Waals surface area (Å²) in [6, 6.07) is -1.23. The summed E-state index contributed by atoms with van der Waals surface area (Å²) in [5.74, 6) is -0.675. The van der Waals surface area contributed by atoms with Crippen molar-refractivity contribution in [2.45, 2.75) is 25.8 Å². The van der Waals surface area contributed by atoms with Crippen molar-refractivity contribution in [1.29, 1.82) is 0 Å². The lowest BCUT2D eigenvalue weighted by Crippen LogP contribution is -2.47. The Morgan fingerprint density at radius 2 is 2.35 bits per heavy atom.